The second-order valence-electron chi connectivity index (χ2n) is 8.93. The minimum atomic E-state index is -0.356. The highest BCUT2D eigenvalue weighted by Crippen LogP contribution is 2.26. The fraction of sp³-hybridized carbons (Fsp3) is 0.696. The molecule has 2 atom stereocenters. The van der Waals surface area contributed by atoms with Crippen LogP contribution in [0.15, 0.2) is 18.5 Å². The molecule has 4 rings (SSSR count). The molecule has 0 spiro atoms. The Morgan fingerprint density at radius 1 is 1.13 bits per heavy atom. The van der Waals surface area contributed by atoms with Crippen molar-refractivity contribution < 1.29 is 14.4 Å². The normalized spacial score (nSPS) is 25.7. The van der Waals surface area contributed by atoms with Gasteiger partial charge in [0.2, 0.25) is 0 Å². The lowest BCUT2D eigenvalue weighted by molar-refractivity contribution is -0.198. The van der Waals surface area contributed by atoms with Crippen molar-refractivity contribution >= 4 is 17.8 Å². The number of hydrogen-bond donors (Lipinski definition) is 2. The summed E-state index contributed by atoms with van der Waals surface area (Å²) in [5.74, 6) is 1.33. The van der Waals surface area contributed by atoms with Crippen LogP contribution in [0, 0.1) is 5.92 Å². The van der Waals surface area contributed by atoms with Crippen LogP contribution in [-0.4, -0.2) is 59.3 Å². The van der Waals surface area contributed by atoms with E-state index in [9.17, 15) is 4.79 Å². The third-order valence-corrected chi connectivity index (χ3v) is 6.35. The Hall–Kier alpha value is -2.03. The standard InChI is InChI=1S/C23H35N5O3/c29-22(27-31-23-9-3-4-13-30-23)11-10-19-14-25-21(15-24-19)26-20-8-5-12-28(17-20)16-18-6-1-2-7-18/h10-11,14-15,18,20,23H,1-9,12-13,16-17H2,(H,25,26)(H,27,29)/t20-,23?/m1/s1. The molecule has 2 N–H and O–H groups in total. The first kappa shape index (κ1) is 22.2. The lowest BCUT2D eigenvalue weighted by Crippen LogP contribution is -2.43. The quantitative estimate of drug-likeness (QED) is 0.485. The fourth-order valence-corrected chi connectivity index (χ4v) is 4.73. The van der Waals surface area contributed by atoms with Crippen molar-refractivity contribution in [2.75, 3.05) is 31.6 Å². The van der Waals surface area contributed by atoms with E-state index < -0.39 is 0 Å². The van der Waals surface area contributed by atoms with Gasteiger partial charge in [-0.25, -0.2) is 15.3 Å². The van der Waals surface area contributed by atoms with E-state index >= 15 is 0 Å². The molecule has 3 aliphatic rings. The number of nitrogens with one attached hydrogen (secondary N) is 2. The van der Waals surface area contributed by atoms with Gasteiger partial charge in [-0.2, -0.15) is 0 Å². The van der Waals surface area contributed by atoms with Gasteiger partial charge >= 0.3 is 0 Å². The van der Waals surface area contributed by atoms with Crippen molar-refractivity contribution in [3.63, 3.8) is 0 Å². The molecule has 1 aromatic heterocycles. The molecule has 0 bridgehead atoms. The first-order valence-corrected chi connectivity index (χ1v) is 11.8. The Morgan fingerprint density at radius 2 is 2.00 bits per heavy atom. The van der Waals surface area contributed by atoms with Crippen molar-refractivity contribution in [3.8, 4) is 0 Å². The highest BCUT2D eigenvalue weighted by Gasteiger charge is 2.24. The Labute approximate surface area is 184 Å². The smallest absolute Gasteiger partial charge is 0.267 e. The average Bonchev–Trinajstić information content (AvgIpc) is 3.31. The monoisotopic (exact) mass is 429 g/mol. The molecule has 1 saturated carbocycles. The minimum absolute atomic E-state index is 0.345. The van der Waals surface area contributed by atoms with Crippen LogP contribution in [0.4, 0.5) is 5.82 Å². The van der Waals surface area contributed by atoms with Gasteiger partial charge in [0.25, 0.3) is 5.91 Å². The van der Waals surface area contributed by atoms with Crippen molar-refractivity contribution in [1.29, 1.82) is 0 Å². The molecule has 0 radical (unpaired) electrons. The lowest BCUT2D eigenvalue weighted by atomic mass is 10.0. The summed E-state index contributed by atoms with van der Waals surface area (Å²) in [5, 5.41) is 3.53. The van der Waals surface area contributed by atoms with Crippen LogP contribution in [-0.2, 0) is 14.4 Å². The zero-order valence-electron chi connectivity index (χ0n) is 18.3. The molecule has 0 aromatic carbocycles. The molecule has 3 fully saturated rings. The zero-order valence-corrected chi connectivity index (χ0v) is 18.3. The van der Waals surface area contributed by atoms with Gasteiger partial charge in [0.1, 0.15) is 5.82 Å². The van der Waals surface area contributed by atoms with E-state index in [0.717, 1.165) is 44.0 Å². The summed E-state index contributed by atoms with van der Waals surface area (Å²) in [7, 11) is 0. The van der Waals surface area contributed by atoms with E-state index in [-0.39, 0.29) is 12.2 Å². The van der Waals surface area contributed by atoms with Gasteiger partial charge in [0.05, 0.1) is 18.1 Å². The van der Waals surface area contributed by atoms with Crippen LogP contribution < -0.4 is 10.8 Å². The number of amides is 1. The third kappa shape index (κ3) is 7.26. The van der Waals surface area contributed by atoms with Crippen LogP contribution in [0.5, 0.6) is 0 Å². The predicted octanol–water partition coefficient (Wildman–Crippen LogP) is 3.13. The fourth-order valence-electron chi connectivity index (χ4n) is 4.73. The van der Waals surface area contributed by atoms with Gasteiger partial charge in [0, 0.05) is 38.2 Å². The van der Waals surface area contributed by atoms with Crippen molar-refractivity contribution in [1.82, 2.24) is 20.3 Å². The highest BCUT2D eigenvalue weighted by atomic mass is 16.8. The first-order chi connectivity index (χ1) is 15.2. The van der Waals surface area contributed by atoms with Gasteiger partial charge in [0.15, 0.2) is 6.29 Å². The number of hydrogen-bond acceptors (Lipinski definition) is 7. The van der Waals surface area contributed by atoms with Gasteiger partial charge in [-0.3, -0.25) is 9.78 Å². The highest BCUT2D eigenvalue weighted by molar-refractivity contribution is 5.90. The van der Waals surface area contributed by atoms with Crippen molar-refractivity contribution in [3.05, 3.63) is 24.2 Å². The maximum atomic E-state index is 11.9. The molecule has 8 heteroatoms. The van der Waals surface area contributed by atoms with Crippen LogP contribution in [0.2, 0.25) is 0 Å². The molecule has 1 aliphatic carbocycles. The van der Waals surface area contributed by atoms with E-state index in [1.807, 2.05) is 0 Å². The Bertz CT molecular complexity index is 714. The number of likely N-dealkylation sites (tertiary alicyclic amines) is 1. The van der Waals surface area contributed by atoms with Crippen LogP contribution in [0.25, 0.3) is 6.08 Å². The number of carbonyl (C=O) groups is 1. The van der Waals surface area contributed by atoms with Gasteiger partial charge in [-0.1, -0.05) is 12.8 Å². The van der Waals surface area contributed by atoms with E-state index in [1.165, 1.54) is 51.3 Å². The topological polar surface area (TPSA) is 88.6 Å². The predicted molar refractivity (Wildman–Crippen MR) is 119 cm³/mol. The number of carbonyl (C=O) groups excluding carboxylic acids is 1. The van der Waals surface area contributed by atoms with Crippen molar-refractivity contribution in [2.24, 2.45) is 5.92 Å². The summed E-state index contributed by atoms with van der Waals surface area (Å²) in [6.45, 7) is 4.20. The Kier molecular flexibility index (Phi) is 8.26. The number of piperidine rings is 1. The van der Waals surface area contributed by atoms with Crippen LogP contribution >= 0.6 is 0 Å². The molecule has 2 aliphatic heterocycles. The summed E-state index contributed by atoms with van der Waals surface area (Å²) in [5.41, 5.74) is 3.03. The van der Waals surface area contributed by atoms with Gasteiger partial charge in [-0.05, 0) is 57.1 Å². The Morgan fingerprint density at radius 3 is 2.77 bits per heavy atom. The second kappa shape index (κ2) is 11.5. The molecule has 2 saturated heterocycles. The number of ether oxygens (including phenoxy) is 1. The lowest BCUT2D eigenvalue weighted by Gasteiger charge is -2.34. The summed E-state index contributed by atoms with van der Waals surface area (Å²) in [4.78, 5) is 28.6. The molecule has 3 heterocycles. The molecule has 1 amide bonds. The number of hydroxylamine groups is 1. The van der Waals surface area contributed by atoms with E-state index in [2.05, 4.69) is 25.7 Å². The number of nitrogens with zero attached hydrogens (tertiary/aromatic N) is 3. The number of aromatic nitrogens is 2. The largest absolute Gasteiger partial charge is 0.365 e. The van der Waals surface area contributed by atoms with E-state index in [0.29, 0.717) is 18.3 Å². The SMILES string of the molecule is O=C(C=Cc1cnc(N[C@@H]2CCCN(CC3CCCC3)C2)cn1)NOC1CCCCO1. The number of rotatable bonds is 8. The molecular weight excluding hydrogens is 394 g/mol. The molecule has 1 unspecified atom stereocenters. The third-order valence-electron chi connectivity index (χ3n) is 6.35. The summed E-state index contributed by atoms with van der Waals surface area (Å²) in [6, 6.07) is 0.413. The number of anilines is 1. The molecule has 31 heavy (non-hydrogen) atoms. The molecule has 1 aromatic rings. The maximum absolute atomic E-state index is 11.9. The van der Waals surface area contributed by atoms with Gasteiger partial charge < -0.3 is 15.0 Å². The Balaban J connectivity index is 1.19. The molecule has 170 valence electrons. The minimum Gasteiger partial charge on any atom is -0.365 e. The van der Waals surface area contributed by atoms with Gasteiger partial charge in [-0.15, -0.1) is 0 Å². The van der Waals surface area contributed by atoms with Crippen molar-refractivity contribution in [2.45, 2.75) is 70.1 Å². The zero-order chi connectivity index (χ0) is 21.3. The summed E-state index contributed by atoms with van der Waals surface area (Å²) in [6.07, 6.45) is 16.9. The average molecular weight is 430 g/mol. The molecule has 8 nitrogen and oxygen atoms in total. The maximum Gasteiger partial charge on any atom is 0.267 e. The molecular formula is C23H35N5O3. The summed E-state index contributed by atoms with van der Waals surface area (Å²) >= 11 is 0. The van der Waals surface area contributed by atoms with Crippen LogP contribution in [0.1, 0.15) is 63.5 Å². The second-order valence-corrected chi connectivity index (χ2v) is 8.93. The van der Waals surface area contributed by atoms with E-state index in [4.69, 9.17) is 9.57 Å². The first-order valence-electron chi connectivity index (χ1n) is 11.8. The summed E-state index contributed by atoms with van der Waals surface area (Å²) < 4.78 is 5.41. The van der Waals surface area contributed by atoms with Crippen LogP contribution in [0.3, 0.4) is 0 Å². The van der Waals surface area contributed by atoms with E-state index in [1.54, 1.807) is 18.5 Å².